The molecule has 0 saturated carbocycles. The van der Waals surface area contributed by atoms with E-state index in [0.717, 1.165) is 11.1 Å². The summed E-state index contributed by atoms with van der Waals surface area (Å²) in [5, 5.41) is 11.8. The monoisotopic (exact) mass is 386 g/mol. The van der Waals surface area contributed by atoms with E-state index in [1.165, 1.54) is 24.3 Å². The molecule has 2 aromatic heterocycles. The van der Waals surface area contributed by atoms with Crippen LogP contribution in [0.2, 0.25) is 0 Å². The second kappa shape index (κ2) is 7.58. The maximum atomic E-state index is 13.4. The Bertz CT molecular complexity index is 1120. The van der Waals surface area contributed by atoms with E-state index in [2.05, 4.69) is 10.3 Å². The van der Waals surface area contributed by atoms with E-state index in [4.69, 9.17) is 0 Å². The first-order valence-electron chi connectivity index (χ1n) is 8.87. The van der Waals surface area contributed by atoms with Crippen LogP contribution in [0.4, 0.5) is 4.39 Å². The summed E-state index contributed by atoms with van der Waals surface area (Å²) in [6.07, 6.45) is 6.83. The highest BCUT2D eigenvalue weighted by Crippen LogP contribution is 2.35. The molecule has 2 amide bonds. The first kappa shape index (κ1) is 18.4. The zero-order valence-corrected chi connectivity index (χ0v) is 15.1. The van der Waals surface area contributed by atoms with Gasteiger partial charge in [0.25, 0.3) is 11.8 Å². The van der Waals surface area contributed by atoms with Gasteiger partial charge in [-0.25, -0.2) is 4.39 Å². The number of benzene rings is 1. The van der Waals surface area contributed by atoms with E-state index in [0.29, 0.717) is 5.56 Å². The Labute approximate surface area is 165 Å². The van der Waals surface area contributed by atoms with Crippen molar-refractivity contribution in [2.45, 2.75) is 12.0 Å². The van der Waals surface area contributed by atoms with E-state index >= 15 is 0 Å². The Kier molecular flexibility index (Phi) is 4.81. The number of rotatable bonds is 3. The van der Waals surface area contributed by atoms with Crippen molar-refractivity contribution in [1.82, 2.24) is 10.3 Å². The van der Waals surface area contributed by atoms with E-state index < -0.39 is 29.6 Å². The summed E-state index contributed by atoms with van der Waals surface area (Å²) in [6, 6.07) is 12.0. The highest BCUT2D eigenvalue weighted by molar-refractivity contribution is 6.14. The molecule has 0 aliphatic carbocycles. The molecular weight excluding hydrogens is 371 g/mol. The van der Waals surface area contributed by atoms with Gasteiger partial charge < -0.3 is 5.41 Å². The molecule has 1 N–H and O–H groups in total. The van der Waals surface area contributed by atoms with Crippen LogP contribution in [0, 0.1) is 5.82 Å². The number of nitrogens with zero attached hydrogens (tertiary/aromatic N) is 3. The second-order valence-electron chi connectivity index (χ2n) is 6.59. The van der Waals surface area contributed by atoms with E-state index in [1.54, 1.807) is 29.4 Å². The Balaban J connectivity index is 1.78. The van der Waals surface area contributed by atoms with Crippen LogP contribution in [0.25, 0.3) is 16.5 Å². The highest BCUT2D eigenvalue weighted by atomic mass is 19.1. The van der Waals surface area contributed by atoms with Crippen LogP contribution in [0.1, 0.15) is 17.5 Å². The molecule has 4 rings (SSSR count). The lowest BCUT2D eigenvalue weighted by molar-refractivity contribution is -0.711. The first-order chi connectivity index (χ1) is 14.1. The van der Waals surface area contributed by atoms with Crippen LogP contribution in [-0.4, -0.2) is 22.7 Å². The van der Waals surface area contributed by atoms with Gasteiger partial charge in [-0.05, 0) is 41.0 Å². The van der Waals surface area contributed by atoms with Crippen LogP contribution in [0.5, 0.6) is 0 Å². The van der Waals surface area contributed by atoms with Gasteiger partial charge in [0.2, 0.25) is 6.04 Å². The summed E-state index contributed by atoms with van der Waals surface area (Å²) in [6.45, 7) is 0. The maximum absolute atomic E-state index is 13.4. The van der Waals surface area contributed by atoms with Gasteiger partial charge in [-0.3, -0.25) is 25.8 Å². The number of hydrogen-bond acceptors (Lipinski definition) is 3. The molecule has 1 aromatic carbocycles. The number of piperidine rings is 1. The zero-order chi connectivity index (χ0) is 20.4. The molecule has 0 unspecified atom stereocenters. The van der Waals surface area contributed by atoms with Gasteiger partial charge in [0.05, 0.1) is 11.5 Å². The topological polar surface area (TPSA) is 85.2 Å². The predicted molar refractivity (Wildman–Crippen MR) is 103 cm³/mol. The highest BCUT2D eigenvalue weighted by Gasteiger charge is 2.46. The number of aromatic nitrogens is 2. The summed E-state index contributed by atoms with van der Waals surface area (Å²) in [7, 11) is 0. The Morgan fingerprint density at radius 2 is 1.59 bits per heavy atom. The molecule has 6 nitrogen and oxygen atoms in total. The molecule has 0 bridgehead atoms. The molecule has 1 fully saturated rings. The molecule has 3 aromatic rings. The molecule has 0 radical (unpaired) electrons. The normalized spacial score (nSPS) is 18.9. The van der Waals surface area contributed by atoms with E-state index in [9.17, 15) is 19.4 Å². The third-order valence-electron chi connectivity index (χ3n) is 4.91. The fraction of sp³-hybridized carbons (Fsp3) is 0.0909. The zero-order valence-electron chi connectivity index (χ0n) is 15.1. The Morgan fingerprint density at radius 1 is 0.966 bits per heavy atom. The van der Waals surface area contributed by atoms with Crippen molar-refractivity contribution in [2.75, 3.05) is 0 Å². The predicted octanol–water partition coefficient (Wildman–Crippen LogP) is 2.32. The molecule has 3 heterocycles. The average Bonchev–Trinajstić information content (AvgIpc) is 2.75. The van der Waals surface area contributed by atoms with Crippen LogP contribution in [0.3, 0.4) is 0 Å². The number of nitrogens with one attached hydrogen (secondary N) is 1. The SMILES string of the molecule is [N-]=C=C1C(=O)NC(=O)[C@H]([n+]2ccc(-c3ccncc3)cc2)[C@H]1c1ccc(F)cc1. The lowest BCUT2D eigenvalue weighted by atomic mass is 9.81. The van der Waals surface area contributed by atoms with E-state index in [-0.39, 0.29) is 5.57 Å². The molecule has 1 aliphatic rings. The van der Waals surface area contributed by atoms with Crippen molar-refractivity contribution >= 4 is 17.7 Å². The number of imide groups is 1. The lowest BCUT2D eigenvalue weighted by Crippen LogP contribution is -2.57. The smallest absolute Gasteiger partial charge is 0.296 e. The molecule has 0 spiro atoms. The average molecular weight is 386 g/mol. The van der Waals surface area contributed by atoms with Gasteiger partial charge in [0.15, 0.2) is 12.4 Å². The van der Waals surface area contributed by atoms with Crippen molar-refractivity contribution in [1.29, 1.82) is 0 Å². The minimum absolute atomic E-state index is 0.0908. The summed E-state index contributed by atoms with van der Waals surface area (Å²) < 4.78 is 15.0. The van der Waals surface area contributed by atoms with E-state index in [1.807, 2.05) is 30.1 Å². The fourth-order valence-electron chi connectivity index (χ4n) is 3.51. The van der Waals surface area contributed by atoms with Gasteiger partial charge in [0, 0.05) is 24.5 Å². The third-order valence-corrected chi connectivity index (χ3v) is 4.91. The van der Waals surface area contributed by atoms with Gasteiger partial charge in [0.1, 0.15) is 5.82 Å². The molecule has 142 valence electrons. The lowest BCUT2D eigenvalue weighted by Gasteiger charge is -2.28. The second-order valence-corrected chi connectivity index (χ2v) is 6.59. The van der Waals surface area contributed by atoms with Crippen molar-refractivity contribution in [3.8, 4) is 11.1 Å². The fourth-order valence-corrected chi connectivity index (χ4v) is 3.51. The van der Waals surface area contributed by atoms with Gasteiger partial charge in [-0.1, -0.05) is 12.1 Å². The van der Waals surface area contributed by atoms with Gasteiger partial charge in [-0.15, -0.1) is 0 Å². The summed E-state index contributed by atoms with van der Waals surface area (Å²) in [4.78, 5) is 28.9. The summed E-state index contributed by atoms with van der Waals surface area (Å²) in [5.74, 6) is -0.596. The molecule has 2 atom stereocenters. The first-order valence-corrected chi connectivity index (χ1v) is 8.87. The largest absolute Gasteiger partial charge is 0.763 e. The van der Waals surface area contributed by atoms with Crippen molar-refractivity contribution in [3.05, 3.63) is 95.7 Å². The molecule has 1 saturated heterocycles. The number of pyridine rings is 2. The van der Waals surface area contributed by atoms with Crippen LogP contribution in [-0.2, 0) is 9.59 Å². The summed E-state index contributed by atoms with van der Waals surface area (Å²) in [5.41, 5.74) is 2.32. The standard InChI is InChI=1S/C22H15FN4O2/c23-17-3-1-16(2-4-17)19-18(13-24)21(28)26-22(29)20(19)27-11-7-15(8-12-27)14-5-9-25-10-6-14/h1-12,19-20H,(H,26,28,29)/t19-,20+/m0/s1. The number of hydrogen-bond donors (Lipinski definition) is 1. The van der Waals surface area contributed by atoms with Crippen LogP contribution < -0.4 is 9.88 Å². The molecule has 29 heavy (non-hydrogen) atoms. The minimum Gasteiger partial charge on any atom is -0.763 e. The molecule has 7 heteroatoms. The number of halogens is 1. The van der Waals surface area contributed by atoms with Crippen LogP contribution in [0.15, 0.2) is 78.9 Å². The van der Waals surface area contributed by atoms with Gasteiger partial charge in [-0.2, -0.15) is 4.57 Å². The number of carbonyl (C=O) groups excluding carboxylic acids is 2. The number of amides is 2. The maximum Gasteiger partial charge on any atom is 0.296 e. The third kappa shape index (κ3) is 3.47. The summed E-state index contributed by atoms with van der Waals surface area (Å²) >= 11 is 0. The Morgan fingerprint density at radius 3 is 2.21 bits per heavy atom. The molecular formula is C22H15FN4O2. The number of carbonyl (C=O) groups is 2. The van der Waals surface area contributed by atoms with Crippen molar-refractivity contribution in [2.24, 2.45) is 0 Å². The molecule has 1 aliphatic heterocycles. The van der Waals surface area contributed by atoms with Crippen LogP contribution >= 0.6 is 0 Å². The van der Waals surface area contributed by atoms with Crippen molar-refractivity contribution < 1.29 is 18.5 Å². The minimum atomic E-state index is -0.862. The Hall–Kier alpha value is -3.96. The quantitative estimate of drug-likeness (QED) is 0.324. The van der Waals surface area contributed by atoms with Crippen molar-refractivity contribution in [3.63, 3.8) is 0 Å². The van der Waals surface area contributed by atoms with Gasteiger partial charge >= 0.3 is 0 Å².